The molecule has 0 spiro atoms. The van der Waals surface area contributed by atoms with Crippen LogP contribution >= 0.6 is 0 Å². The molecule has 4 atom stereocenters. The van der Waals surface area contributed by atoms with E-state index in [9.17, 15) is 5.11 Å². The highest BCUT2D eigenvalue weighted by Crippen LogP contribution is 2.47. The first-order chi connectivity index (χ1) is 16.1. The van der Waals surface area contributed by atoms with E-state index < -0.39 is 6.10 Å². The molecule has 2 aromatic carbocycles. The van der Waals surface area contributed by atoms with Gasteiger partial charge >= 0.3 is 0 Å². The Morgan fingerprint density at radius 1 is 1.03 bits per heavy atom. The van der Waals surface area contributed by atoms with Gasteiger partial charge in [-0.2, -0.15) is 0 Å². The molecule has 1 N–H and O–H groups in total. The van der Waals surface area contributed by atoms with E-state index >= 15 is 0 Å². The first kappa shape index (κ1) is 22.2. The second kappa shape index (κ2) is 9.32. The zero-order chi connectivity index (χ0) is 22.9. The fourth-order valence-corrected chi connectivity index (χ4v) is 6.11. The Hall–Kier alpha value is -2.62. The molecule has 2 unspecified atom stereocenters. The summed E-state index contributed by atoms with van der Waals surface area (Å²) in [6, 6.07) is 20.2. The highest BCUT2D eigenvalue weighted by Gasteiger charge is 2.43. The minimum absolute atomic E-state index is 0.167. The third-order valence-corrected chi connectivity index (χ3v) is 7.78. The Bertz CT molecular complexity index is 1170. The van der Waals surface area contributed by atoms with Crippen molar-refractivity contribution in [3.8, 4) is 0 Å². The molecule has 3 nitrogen and oxygen atoms in total. The van der Waals surface area contributed by atoms with Crippen LogP contribution in [0.2, 0.25) is 0 Å². The minimum atomic E-state index is -0.432. The van der Waals surface area contributed by atoms with Crippen molar-refractivity contribution in [1.82, 2.24) is 9.47 Å². The average molecular weight is 441 g/mol. The van der Waals surface area contributed by atoms with E-state index in [1.165, 1.54) is 33.3 Å². The van der Waals surface area contributed by atoms with Crippen LogP contribution in [-0.2, 0) is 20.0 Å². The van der Waals surface area contributed by atoms with Crippen molar-refractivity contribution < 1.29 is 5.11 Å². The van der Waals surface area contributed by atoms with Gasteiger partial charge < -0.3 is 9.67 Å². The summed E-state index contributed by atoms with van der Waals surface area (Å²) < 4.78 is 2.41. The van der Waals surface area contributed by atoms with Crippen LogP contribution in [0.5, 0.6) is 0 Å². The predicted octanol–water partition coefficient (Wildman–Crippen LogP) is 6.33. The van der Waals surface area contributed by atoms with Crippen molar-refractivity contribution in [2.75, 3.05) is 0 Å². The van der Waals surface area contributed by atoms with Crippen molar-refractivity contribution in [3.63, 3.8) is 0 Å². The maximum absolute atomic E-state index is 11.6. The Labute approximate surface area is 198 Å². The van der Waals surface area contributed by atoms with Crippen molar-refractivity contribution >= 4 is 10.9 Å². The van der Waals surface area contributed by atoms with Crippen molar-refractivity contribution in [2.45, 2.75) is 64.3 Å². The van der Waals surface area contributed by atoms with Crippen LogP contribution in [-0.4, -0.2) is 26.7 Å². The Balaban J connectivity index is 1.59. The standard InChI is InChI=1S/C30H36N2O/c1-4-6-14-22(5-2)30(33)24-17-18-27-29-25(23-15-10-11-16-26(23)31(29)3)19-28(24)32(27)20-21-12-8-7-9-13-21/h6-17,22,27-28,30,33H,4-5,18-20H2,1-3H3/b14-6+/t22?,27-,28-,30?/m0/s1. The van der Waals surface area contributed by atoms with E-state index in [4.69, 9.17) is 0 Å². The first-order valence-corrected chi connectivity index (χ1v) is 12.5. The third-order valence-electron chi connectivity index (χ3n) is 7.78. The van der Waals surface area contributed by atoms with Crippen LogP contribution in [0.25, 0.3) is 10.9 Å². The van der Waals surface area contributed by atoms with E-state index in [-0.39, 0.29) is 12.0 Å². The van der Waals surface area contributed by atoms with Gasteiger partial charge in [-0.05, 0) is 48.4 Å². The zero-order valence-electron chi connectivity index (χ0n) is 20.1. The summed E-state index contributed by atoms with van der Waals surface area (Å²) in [5.41, 5.74) is 6.79. The second-order valence-electron chi connectivity index (χ2n) is 9.63. The molecule has 33 heavy (non-hydrogen) atoms. The van der Waals surface area contributed by atoms with Crippen LogP contribution in [0.4, 0.5) is 0 Å². The molecule has 0 aliphatic carbocycles. The maximum atomic E-state index is 11.6. The van der Waals surface area contributed by atoms with E-state index in [0.717, 1.165) is 32.2 Å². The van der Waals surface area contributed by atoms with Gasteiger partial charge in [-0.3, -0.25) is 4.90 Å². The average Bonchev–Trinajstić information content (AvgIpc) is 3.12. The molecule has 172 valence electrons. The number of allylic oxidation sites excluding steroid dienone is 1. The molecule has 0 radical (unpaired) electrons. The van der Waals surface area contributed by atoms with Gasteiger partial charge in [0.05, 0.1) is 12.1 Å². The summed E-state index contributed by atoms with van der Waals surface area (Å²) >= 11 is 0. The van der Waals surface area contributed by atoms with Crippen LogP contribution in [0.1, 0.15) is 56.0 Å². The summed E-state index contributed by atoms with van der Waals surface area (Å²) in [4.78, 5) is 2.66. The monoisotopic (exact) mass is 440 g/mol. The van der Waals surface area contributed by atoms with E-state index in [2.05, 4.69) is 103 Å². The highest BCUT2D eigenvalue weighted by atomic mass is 16.3. The van der Waals surface area contributed by atoms with Gasteiger partial charge in [-0.15, -0.1) is 0 Å². The Morgan fingerprint density at radius 2 is 1.79 bits per heavy atom. The summed E-state index contributed by atoms with van der Waals surface area (Å²) in [5.74, 6) is 0.167. The molecule has 2 aliphatic rings. The van der Waals surface area contributed by atoms with E-state index in [0.29, 0.717) is 6.04 Å². The number of fused-ring (bicyclic) bond motifs is 6. The van der Waals surface area contributed by atoms with Gasteiger partial charge in [-0.1, -0.05) is 80.6 Å². The number of aryl methyl sites for hydroxylation is 1. The number of hydrogen-bond donors (Lipinski definition) is 1. The number of aromatic nitrogens is 1. The molecule has 3 heterocycles. The molecular weight excluding hydrogens is 404 g/mol. The SMILES string of the molecule is CC/C=C/C(CC)C(O)C1=CC[C@H]2c3c(c4ccccc4n3C)C[C@@H]1N2Cc1ccccc1. The van der Waals surface area contributed by atoms with Crippen LogP contribution < -0.4 is 0 Å². The van der Waals surface area contributed by atoms with E-state index in [1.807, 2.05) is 0 Å². The molecule has 2 bridgehead atoms. The van der Waals surface area contributed by atoms with Gasteiger partial charge in [0, 0.05) is 42.1 Å². The van der Waals surface area contributed by atoms with E-state index in [1.54, 1.807) is 0 Å². The molecule has 2 aliphatic heterocycles. The number of rotatable bonds is 7. The van der Waals surface area contributed by atoms with Gasteiger partial charge in [0.25, 0.3) is 0 Å². The number of aliphatic hydroxyl groups is 1. The maximum Gasteiger partial charge on any atom is 0.0827 e. The Morgan fingerprint density at radius 3 is 2.55 bits per heavy atom. The predicted molar refractivity (Wildman–Crippen MR) is 137 cm³/mol. The van der Waals surface area contributed by atoms with Crippen molar-refractivity contribution in [1.29, 1.82) is 0 Å². The van der Waals surface area contributed by atoms with Crippen molar-refractivity contribution in [2.24, 2.45) is 13.0 Å². The third kappa shape index (κ3) is 3.88. The topological polar surface area (TPSA) is 28.4 Å². The summed E-state index contributed by atoms with van der Waals surface area (Å²) in [7, 11) is 2.22. The lowest BCUT2D eigenvalue weighted by molar-refractivity contribution is 0.0745. The fraction of sp³-hybridized carbons (Fsp3) is 0.400. The summed E-state index contributed by atoms with van der Waals surface area (Å²) in [5, 5.41) is 12.9. The van der Waals surface area contributed by atoms with Crippen LogP contribution in [0.15, 0.2) is 78.4 Å². The molecule has 1 aromatic heterocycles. The Kier molecular flexibility index (Phi) is 6.27. The molecule has 0 saturated heterocycles. The van der Waals surface area contributed by atoms with Crippen LogP contribution in [0.3, 0.4) is 0 Å². The van der Waals surface area contributed by atoms with Gasteiger partial charge in [0.2, 0.25) is 0 Å². The molecule has 3 aromatic rings. The lowest BCUT2D eigenvalue weighted by atomic mass is 9.77. The smallest absolute Gasteiger partial charge is 0.0827 e. The lowest BCUT2D eigenvalue weighted by Gasteiger charge is -2.48. The zero-order valence-corrected chi connectivity index (χ0v) is 20.1. The lowest BCUT2D eigenvalue weighted by Crippen LogP contribution is -2.49. The molecule has 3 heteroatoms. The molecule has 5 rings (SSSR count). The van der Waals surface area contributed by atoms with Crippen molar-refractivity contribution in [3.05, 3.63) is 95.2 Å². The van der Waals surface area contributed by atoms with Crippen LogP contribution in [0, 0.1) is 5.92 Å². The number of nitrogens with zero attached hydrogens (tertiary/aromatic N) is 2. The number of benzene rings is 2. The van der Waals surface area contributed by atoms with Gasteiger partial charge in [0.1, 0.15) is 0 Å². The minimum Gasteiger partial charge on any atom is -0.388 e. The first-order valence-electron chi connectivity index (χ1n) is 12.5. The fourth-order valence-electron chi connectivity index (χ4n) is 6.11. The molecule has 0 amide bonds. The van der Waals surface area contributed by atoms with Gasteiger partial charge in [-0.25, -0.2) is 0 Å². The number of aliphatic hydroxyl groups excluding tert-OH is 1. The second-order valence-corrected chi connectivity index (χ2v) is 9.63. The van der Waals surface area contributed by atoms with Gasteiger partial charge in [0.15, 0.2) is 0 Å². The number of para-hydroxylation sites is 1. The molecular formula is C30H36N2O. The highest BCUT2D eigenvalue weighted by molar-refractivity contribution is 5.86. The number of hydrogen-bond acceptors (Lipinski definition) is 2. The molecule has 0 fully saturated rings. The normalized spacial score (nSPS) is 22.4. The summed E-state index contributed by atoms with van der Waals surface area (Å²) in [6.07, 6.45) is 10.2. The largest absolute Gasteiger partial charge is 0.388 e. The summed E-state index contributed by atoms with van der Waals surface area (Å²) in [6.45, 7) is 5.25. The molecule has 0 saturated carbocycles. The quantitative estimate of drug-likeness (QED) is 0.435.